The van der Waals surface area contributed by atoms with Crippen molar-refractivity contribution in [2.24, 2.45) is 0 Å². The lowest BCUT2D eigenvalue weighted by atomic mass is 9.83. The van der Waals surface area contributed by atoms with Crippen molar-refractivity contribution in [3.63, 3.8) is 0 Å². The predicted molar refractivity (Wildman–Crippen MR) is 53.4 cm³/mol. The van der Waals surface area contributed by atoms with Gasteiger partial charge in [-0.25, -0.2) is 0 Å². The first-order chi connectivity index (χ1) is 5.66. The van der Waals surface area contributed by atoms with Crippen LogP contribution < -0.4 is 5.32 Å². The monoisotopic (exact) mass is 233 g/mol. The highest BCUT2D eigenvalue weighted by Crippen LogP contribution is 2.27. The van der Waals surface area contributed by atoms with Crippen LogP contribution in [0.4, 0.5) is 0 Å². The molecule has 1 N–H and O–H groups in total. The van der Waals surface area contributed by atoms with Crippen molar-refractivity contribution < 1.29 is 4.79 Å². The Bertz CT molecular complexity index is 164. The highest BCUT2D eigenvalue weighted by atomic mass is 79.9. The molecule has 0 atom stereocenters. The Hall–Kier alpha value is -0.0500. The maximum absolute atomic E-state index is 11.1. The highest BCUT2D eigenvalue weighted by molar-refractivity contribution is 9.09. The molecule has 2 nitrogen and oxygen atoms in total. The third kappa shape index (κ3) is 2.77. The van der Waals surface area contributed by atoms with E-state index >= 15 is 0 Å². The van der Waals surface area contributed by atoms with Gasteiger partial charge in [0.15, 0.2) is 0 Å². The molecule has 0 unspecified atom stereocenters. The lowest BCUT2D eigenvalue weighted by Crippen LogP contribution is -2.47. The summed E-state index contributed by atoms with van der Waals surface area (Å²) >= 11 is 3.15. The smallest absolute Gasteiger partial charge is 0.231 e. The zero-order valence-corrected chi connectivity index (χ0v) is 9.11. The molecule has 0 saturated heterocycles. The SMILES string of the molecule is CC1(NC(=O)CBr)CCCCC1. The van der Waals surface area contributed by atoms with Crippen LogP contribution in [0.1, 0.15) is 39.0 Å². The standard InChI is InChI=1S/C9H16BrNO/c1-9(11-8(12)7-10)5-3-2-4-6-9/h2-7H2,1H3,(H,11,12). The molecular weight excluding hydrogens is 218 g/mol. The highest BCUT2D eigenvalue weighted by Gasteiger charge is 2.27. The Morgan fingerprint density at radius 3 is 2.50 bits per heavy atom. The zero-order valence-electron chi connectivity index (χ0n) is 7.53. The van der Waals surface area contributed by atoms with Crippen LogP contribution in [0, 0.1) is 0 Å². The molecule has 0 aromatic heterocycles. The summed E-state index contributed by atoms with van der Waals surface area (Å²) < 4.78 is 0. The second-order valence-electron chi connectivity index (χ2n) is 3.80. The fraction of sp³-hybridized carbons (Fsp3) is 0.889. The van der Waals surface area contributed by atoms with Gasteiger partial charge in [-0.05, 0) is 19.8 Å². The van der Waals surface area contributed by atoms with Crippen molar-refractivity contribution in [3.8, 4) is 0 Å². The summed E-state index contributed by atoms with van der Waals surface area (Å²) in [5, 5.41) is 3.48. The summed E-state index contributed by atoms with van der Waals surface area (Å²) in [5.74, 6) is 0.111. The average Bonchev–Trinajstić information content (AvgIpc) is 2.05. The van der Waals surface area contributed by atoms with Gasteiger partial charge in [0.25, 0.3) is 0 Å². The summed E-state index contributed by atoms with van der Waals surface area (Å²) in [5.41, 5.74) is 0.0725. The number of hydrogen-bond donors (Lipinski definition) is 1. The van der Waals surface area contributed by atoms with Crippen LogP contribution in [0.3, 0.4) is 0 Å². The van der Waals surface area contributed by atoms with E-state index in [0.29, 0.717) is 5.33 Å². The van der Waals surface area contributed by atoms with Crippen LogP contribution in [0.2, 0.25) is 0 Å². The van der Waals surface area contributed by atoms with Gasteiger partial charge in [-0.15, -0.1) is 0 Å². The first-order valence-corrected chi connectivity index (χ1v) is 5.65. The van der Waals surface area contributed by atoms with E-state index in [1.165, 1.54) is 19.3 Å². The second-order valence-corrected chi connectivity index (χ2v) is 4.36. The molecule has 1 amide bonds. The number of rotatable bonds is 2. The number of hydrogen-bond acceptors (Lipinski definition) is 1. The number of alkyl halides is 1. The summed E-state index contributed by atoms with van der Waals surface area (Å²) in [7, 11) is 0. The van der Waals surface area contributed by atoms with E-state index < -0.39 is 0 Å². The van der Waals surface area contributed by atoms with Gasteiger partial charge in [0.05, 0.1) is 5.33 Å². The molecule has 0 aliphatic heterocycles. The van der Waals surface area contributed by atoms with E-state index in [2.05, 4.69) is 28.2 Å². The molecule has 0 radical (unpaired) electrons. The van der Waals surface area contributed by atoms with Crippen molar-refractivity contribution in [1.29, 1.82) is 0 Å². The minimum atomic E-state index is 0.0725. The Morgan fingerprint density at radius 1 is 1.42 bits per heavy atom. The molecule has 1 rings (SSSR count). The molecule has 0 spiro atoms. The number of halogens is 1. The van der Waals surface area contributed by atoms with Gasteiger partial charge in [-0.1, -0.05) is 35.2 Å². The third-order valence-corrected chi connectivity index (χ3v) is 3.03. The molecule has 0 aromatic rings. The molecular formula is C9H16BrNO. The summed E-state index contributed by atoms with van der Waals surface area (Å²) in [6.45, 7) is 2.15. The van der Waals surface area contributed by atoms with Crippen molar-refractivity contribution in [2.75, 3.05) is 5.33 Å². The maximum Gasteiger partial charge on any atom is 0.231 e. The Morgan fingerprint density at radius 2 is 2.00 bits per heavy atom. The molecule has 3 heteroatoms. The van der Waals surface area contributed by atoms with E-state index in [4.69, 9.17) is 0 Å². The number of amides is 1. The van der Waals surface area contributed by atoms with Gasteiger partial charge in [-0.3, -0.25) is 4.79 Å². The van der Waals surface area contributed by atoms with Gasteiger partial charge >= 0.3 is 0 Å². The normalized spacial score (nSPS) is 21.8. The van der Waals surface area contributed by atoms with E-state index in [0.717, 1.165) is 12.8 Å². The minimum Gasteiger partial charge on any atom is -0.350 e. The van der Waals surface area contributed by atoms with E-state index in [9.17, 15) is 4.79 Å². The number of carbonyl (C=O) groups excluding carboxylic acids is 1. The first-order valence-electron chi connectivity index (χ1n) is 4.53. The molecule has 12 heavy (non-hydrogen) atoms. The number of carbonyl (C=O) groups is 1. The predicted octanol–water partition coefficient (Wildman–Crippen LogP) is 2.22. The van der Waals surface area contributed by atoms with E-state index in [-0.39, 0.29) is 11.4 Å². The largest absolute Gasteiger partial charge is 0.350 e. The Kier molecular flexibility index (Phi) is 3.56. The molecule has 70 valence electrons. The van der Waals surface area contributed by atoms with Gasteiger partial charge in [0.2, 0.25) is 5.91 Å². The second kappa shape index (κ2) is 4.26. The summed E-state index contributed by atoms with van der Waals surface area (Å²) in [6, 6.07) is 0. The van der Waals surface area contributed by atoms with Crippen LogP contribution in [0.15, 0.2) is 0 Å². The molecule has 0 heterocycles. The third-order valence-electron chi connectivity index (χ3n) is 2.52. The van der Waals surface area contributed by atoms with Gasteiger partial charge in [-0.2, -0.15) is 0 Å². The minimum absolute atomic E-state index is 0.0725. The molecule has 0 aromatic carbocycles. The topological polar surface area (TPSA) is 29.1 Å². The average molecular weight is 234 g/mol. The van der Waals surface area contributed by atoms with Crippen LogP contribution in [0.25, 0.3) is 0 Å². The van der Waals surface area contributed by atoms with Gasteiger partial charge < -0.3 is 5.32 Å². The molecule has 0 bridgehead atoms. The van der Waals surface area contributed by atoms with Crippen molar-refractivity contribution in [2.45, 2.75) is 44.6 Å². The molecule has 1 aliphatic rings. The van der Waals surface area contributed by atoms with Crippen LogP contribution in [-0.2, 0) is 4.79 Å². The number of nitrogens with one attached hydrogen (secondary N) is 1. The van der Waals surface area contributed by atoms with Crippen molar-refractivity contribution in [3.05, 3.63) is 0 Å². The van der Waals surface area contributed by atoms with Crippen molar-refractivity contribution >= 4 is 21.8 Å². The fourth-order valence-corrected chi connectivity index (χ4v) is 1.97. The molecule has 1 aliphatic carbocycles. The van der Waals surface area contributed by atoms with E-state index in [1.807, 2.05) is 0 Å². The zero-order chi connectivity index (χ0) is 9.03. The lowest BCUT2D eigenvalue weighted by molar-refractivity contribution is -0.120. The van der Waals surface area contributed by atoms with Gasteiger partial charge in [0, 0.05) is 5.54 Å². The van der Waals surface area contributed by atoms with E-state index in [1.54, 1.807) is 0 Å². The van der Waals surface area contributed by atoms with Crippen molar-refractivity contribution in [1.82, 2.24) is 5.32 Å². The fourth-order valence-electron chi connectivity index (χ4n) is 1.83. The van der Waals surface area contributed by atoms with Gasteiger partial charge in [0.1, 0.15) is 0 Å². The molecule has 1 fully saturated rings. The van der Waals surface area contributed by atoms with Crippen LogP contribution in [-0.4, -0.2) is 16.8 Å². The lowest BCUT2D eigenvalue weighted by Gasteiger charge is -2.34. The first kappa shape index (κ1) is 10.0. The Labute approximate surface area is 82.2 Å². The Balaban J connectivity index is 2.41. The quantitative estimate of drug-likeness (QED) is 0.729. The maximum atomic E-state index is 11.1. The van der Waals surface area contributed by atoms with Crippen LogP contribution in [0.5, 0.6) is 0 Å². The summed E-state index contributed by atoms with van der Waals surface area (Å²) in [6.07, 6.45) is 6.08. The molecule has 1 saturated carbocycles. The van der Waals surface area contributed by atoms with Crippen LogP contribution >= 0.6 is 15.9 Å². The summed E-state index contributed by atoms with van der Waals surface area (Å²) in [4.78, 5) is 11.1.